The van der Waals surface area contributed by atoms with Crippen molar-refractivity contribution in [2.45, 2.75) is 26.8 Å². The minimum Gasteiger partial charge on any atom is -0.271 e. The van der Waals surface area contributed by atoms with Crippen molar-refractivity contribution in [3.63, 3.8) is 0 Å². The van der Waals surface area contributed by atoms with Crippen LogP contribution in [0.25, 0.3) is 0 Å². The minimum absolute atomic E-state index is 0.125. The van der Waals surface area contributed by atoms with Gasteiger partial charge in [-0.15, -0.1) is 0 Å². The number of rotatable bonds is 3. The lowest BCUT2D eigenvalue weighted by atomic mass is 9.93. The molecular weight excluding hydrogens is 239 g/mol. The van der Waals surface area contributed by atoms with Crippen LogP contribution in [-0.2, 0) is 0 Å². The summed E-state index contributed by atoms with van der Waals surface area (Å²) in [5.41, 5.74) is 7.91. The summed E-state index contributed by atoms with van der Waals surface area (Å²) in [6, 6.07) is 11.2. The number of nitrogens with one attached hydrogen (secondary N) is 1. The fourth-order valence-electron chi connectivity index (χ4n) is 2.36. The maximum Gasteiger partial charge on any atom is 0.126 e. The molecule has 0 heterocycles. The normalized spacial score (nSPS) is 12.5. The van der Waals surface area contributed by atoms with E-state index in [0.717, 1.165) is 11.1 Å². The monoisotopic (exact) mass is 258 g/mol. The zero-order chi connectivity index (χ0) is 14.0. The minimum atomic E-state index is -0.194. The van der Waals surface area contributed by atoms with E-state index < -0.39 is 0 Å². The topological polar surface area (TPSA) is 38.0 Å². The van der Waals surface area contributed by atoms with Gasteiger partial charge in [-0.05, 0) is 49.1 Å². The molecule has 0 radical (unpaired) electrons. The smallest absolute Gasteiger partial charge is 0.126 e. The van der Waals surface area contributed by atoms with E-state index in [2.05, 4.69) is 37.5 Å². The number of hydrazine groups is 1. The Hall–Kier alpha value is -1.71. The molecule has 0 bridgehead atoms. The second kappa shape index (κ2) is 5.51. The van der Waals surface area contributed by atoms with Gasteiger partial charge in [-0.2, -0.15) is 0 Å². The molecule has 0 spiro atoms. The highest BCUT2D eigenvalue weighted by atomic mass is 19.1. The van der Waals surface area contributed by atoms with Crippen LogP contribution in [0.5, 0.6) is 0 Å². The first-order chi connectivity index (χ1) is 9.02. The SMILES string of the molecule is Cc1ccc(C(NN)c2ccc(F)c(C)c2)c(C)c1. The van der Waals surface area contributed by atoms with Crippen LogP contribution in [0, 0.1) is 26.6 Å². The number of aryl methyl sites for hydroxylation is 3. The molecule has 0 aromatic heterocycles. The van der Waals surface area contributed by atoms with Crippen molar-refractivity contribution in [1.82, 2.24) is 5.43 Å². The lowest BCUT2D eigenvalue weighted by Crippen LogP contribution is -2.29. The second-order valence-electron chi connectivity index (χ2n) is 4.97. The van der Waals surface area contributed by atoms with Gasteiger partial charge >= 0.3 is 0 Å². The molecule has 1 unspecified atom stereocenters. The fourth-order valence-corrected chi connectivity index (χ4v) is 2.36. The van der Waals surface area contributed by atoms with Gasteiger partial charge in [0.25, 0.3) is 0 Å². The van der Waals surface area contributed by atoms with E-state index in [-0.39, 0.29) is 11.9 Å². The average molecular weight is 258 g/mol. The average Bonchev–Trinajstić information content (AvgIpc) is 2.37. The van der Waals surface area contributed by atoms with Crippen LogP contribution >= 0.6 is 0 Å². The molecule has 1 atom stereocenters. The lowest BCUT2D eigenvalue weighted by molar-refractivity contribution is 0.607. The first-order valence-corrected chi connectivity index (χ1v) is 6.32. The van der Waals surface area contributed by atoms with Gasteiger partial charge in [0.1, 0.15) is 5.82 Å². The Morgan fingerprint density at radius 3 is 2.32 bits per heavy atom. The van der Waals surface area contributed by atoms with Crippen molar-refractivity contribution in [3.8, 4) is 0 Å². The maximum atomic E-state index is 13.3. The zero-order valence-corrected chi connectivity index (χ0v) is 11.5. The lowest BCUT2D eigenvalue weighted by Gasteiger charge is -2.20. The molecule has 3 heteroatoms. The highest BCUT2D eigenvalue weighted by molar-refractivity contribution is 5.40. The molecule has 0 saturated heterocycles. The molecule has 2 rings (SSSR count). The molecule has 2 aromatic carbocycles. The summed E-state index contributed by atoms with van der Waals surface area (Å²) in [5, 5.41) is 0. The molecule has 2 aromatic rings. The largest absolute Gasteiger partial charge is 0.271 e. The summed E-state index contributed by atoms with van der Waals surface area (Å²) in [7, 11) is 0. The second-order valence-corrected chi connectivity index (χ2v) is 4.97. The molecule has 0 saturated carbocycles. The molecule has 2 nitrogen and oxygen atoms in total. The van der Waals surface area contributed by atoms with Gasteiger partial charge in [-0.1, -0.05) is 35.9 Å². The Kier molecular flexibility index (Phi) is 3.98. The van der Waals surface area contributed by atoms with Gasteiger partial charge in [0.05, 0.1) is 6.04 Å². The Morgan fingerprint density at radius 1 is 1.00 bits per heavy atom. The van der Waals surface area contributed by atoms with Gasteiger partial charge in [-0.25, -0.2) is 9.82 Å². The summed E-state index contributed by atoms with van der Waals surface area (Å²) in [4.78, 5) is 0. The van der Waals surface area contributed by atoms with E-state index in [1.165, 1.54) is 17.2 Å². The third kappa shape index (κ3) is 2.83. The van der Waals surface area contributed by atoms with Crippen molar-refractivity contribution in [2.24, 2.45) is 5.84 Å². The van der Waals surface area contributed by atoms with Crippen molar-refractivity contribution in [1.29, 1.82) is 0 Å². The van der Waals surface area contributed by atoms with Crippen LogP contribution in [-0.4, -0.2) is 0 Å². The Labute approximate surface area is 113 Å². The van der Waals surface area contributed by atoms with Gasteiger partial charge in [0.15, 0.2) is 0 Å². The number of hydrogen-bond acceptors (Lipinski definition) is 2. The number of hydrogen-bond donors (Lipinski definition) is 2. The summed E-state index contributed by atoms with van der Waals surface area (Å²) in [6.45, 7) is 5.88. The van der Waals surface area contributed by atoms with Crippen LogP contribution in [0.3, 0.4) is 0 Å². The molecule has 19 heavy (non-hydrogen) atoms. The third-order valence-electron chi connectivity index (χ3n) is 3.42. The molecule has 0 aliphatic heterocycles. The maximum absolute atomic E-state index is 13.3. The Balaban J connectivity index is 2.46. The molecular formula is C16H19FN2. The highest BCUT2D eigenvalue weighted by Gasteiger charge is 2.15. The van der Waals surface area contributed by atoms with E-state index >= 15 is 0 Å². The van der Waals surface area contributed by atoms with E-state index in [1.54, 1.807) is 13.0 Å². The first-order valence-electron chi connectivity index (χ1n) is 6.32. The number of halogens is 1. The van der Waals surface area contributed by atoms with E-state index in [0.29, 0.717) is 5.56 Å². The first kappa shape index (κ1) is 13.7. The van der Waals surface area contributed by atoms with Crippen molar-refractivity contribution >= 4 is 0 Å². The van der Waals surface area contributed by atoms with E-state index in [9.17, 15) is 4.39 Å². The van der Waals surface area contributed by atoms with Crippen LogP contribution in [0.4, 0.5) is 4.39 Å². The molecule has 0 aliphatic carbocycles. The third-order valence-corrected chi connectivity index (χ3v) is 3.42. The van der Waals surface area contributed by atoms with Gasteiger partial charge in [0, 0.05) is 0 Å². The highest BCUT2D eigenvalue weighted by Crippen LogP contribution is 2.26. The van der Waals surface area contributed by atoms with Gasteiger partial charge in [-0.3, -0.25) is 5.84 Å². The number of benzene rings is 2. The standard InChI is InChI=1S/C16H19FN2/c1-10-4-6-14(11(2)8-10)16(19-18)13-5-7-15(17)12(3)9-13/h4-9,16,19H,18H2,1-3H3. The summed E-state index contributed by atoms with van der Waals surface area (Å²) >= 11 is 0. The zero-order valence-electron chi connectivity index (χ0n) is 11.5. The fraction of sp³-hybridized carbons (Fsp3) is 0.250. The molecule has 0 fully saturated rings. The van der Waals surface area contributed by atoms with Crippen LogP contribution < -0.4 is 11.3 Å². The van der Waals surface area contributed by atoms with Crippen molar-refractivity contribution in [3.05, 3.63) is 70.0 Å². The molecule has 0 amide bonds. The predicted molar refractivity (Wildman–Crippen MR) is 76.2 cm³/mol. The number of nitrogens with two attached hydrogens (primary N) is 1. The quantitative estimate of drug-likeness (QED) is 0.655. The van der Waals surface area contributed by atoms with Gasteiger partial charge < -0.3 is 0 Å². The molecule has 0 aliphatic rings. The molecule has 100 valence electrons. The summed E-state index contributed by atoms with van der Waals surface area (Å²) in [5.74, 6) is 5.49. The predicted octanol–water partition coefficient (Wildman–Crippen LogP) is 3.30. The van der Waals surface area contributed by atoms with E-state index in [4.69, 9.17) is 5.84 Å². The van der Waals surface area contributed by atoms with Crippen LogP contribution in [0.1, 0.15) is 33.9 Å². The van der Waals surface area contributed by atoms with Crippen molar-refractivity contribution in [2.75, 3.05) is 0 Å². The Morgan fingerprint density at radius 2 is 1.74 bits per heavy atom. The van der Waals surface area contributed by atoms with Crippen molar-refractivity contribution < 1.29 is 4.39 Å². The van der Waals surface area contributed by atoms with Crippen LogP contribution in [0.15, 0.2) is 36.4 Å². The van der Waals surface area contributed by atoms with E-state index in [1.807, 2.05) is 6.07 Å². The summed E-state index contributed by atoms with van der Waals surface area (Å²) < 4.78 is 13.3. The molecule has 3 N–H and O–H groups in total. The van der Waals surface area contributed by atoms with Gasteiger partial charge in [0.2, 0.25) is 0 Å². The van der Waals surface area contributed by atoms with Crippen LogP contribution in [0.2, 0.25) is 0 Å². The Bertz CT molecular complexity index is 593. The summed E-state index contributed by atoms with van der Waals surface area (Å²) in [6.07, 6.45) is 0.